The maximum absolute atomic E-state index is 14.6. The van der Waals surface area contributed by atoms with Gasteiger partial charge in [0.15, 0.2) is 0 Å². The van der Waals surface area contributed by atoms with Crippen molar-refractivity contribution in [1.82, 2.24) is 15.5 Å². The number of carbonyl (C=O) groups excluding carboxylic acids is 1. The molecule has 0 spiro atoms. The van der Waals surface area contributed by atoms with Gasteiger partial charge >= 0.3 is 0 Å². The number of nitrogens with zero attached hydrogens (tertiary/aromatic N) is 2. The van der Waals surface area contributed by atoms with Crippen molar-refractivity contribution in [1.29, 1.82) is 0 Å². The highest BCUT2D eigenvalue weighted by Crippen LogP contribution is 2.24. The molecule has 2 unspecified atom stereocenters. The molecular formula is C21H29FN4O2. The van der Waals surface area contributed by atoms with Crippen LogP contribution in [0.15, 0.2) is 24.3 Å². The van der Waals surface area contributed by atoms with E-state index < -0.39 is 0 Å². The Balaban J connectivity index is 1.60. The van der Waals surface area contributed by atoms with E-state index in [9.17, 15) is 9.18 Å². The number of anilines is 1. The van der Waals surface area contributed by atoms with Gasteiger partial charge in [0.05, 0.1) is 17.9 Å². The van der Waals surface area contributed by atoms with Crippen molar-refractivity contribution in [2.24, 2.45) is 5.92 Å². The van der Waals surface area contributed by atoms with Crippen LogP contribution in [-0.4, -0.2) is 41.4 Å². The van der Waals surface area contributed by atoms with Gasteiger partial charge in [-0.15, -0.1) is 0 Å². The van der Waals surface area contributed by atoms with Gasteiger partial charge in [-0.2, -0.15) is 5.10 Å². The molecule has 2 aromatic rings. The van der Waals surface area contributed by atoms with Crippen molar-refractivity contribution in [3.05, 3.63) is 47.0 Å². The first-order valence-electron chi connectivity index (χ1n) is 9.83. The average Bonchev–Trinajstić information content (AvgIpc) is 3.06. The molecule has 2 N–H and O–H groups in total. The van der Waals surface area contributed by atoms with Crippen molar-refractivity contribution in [3.8, 4) is 0 Å². The summed E-state index contributed by atoms with van der Waals surface area (Å²) in [5.74, 6) is -0.0751. The number of halogens is 1. The van der Waals surface area contributed by atoms with Gasteiger partial charge in [-0.25, -0.2) is 4.39 Å². The molecule has 3 rings (SSSR count). The number of morpholine rings is 1. The quantitative estimate of drug-likeness (QED) is 0.797. The highest BCUT2D eigenvalue weighted by Gasteiger charge is 2.24. The molecule has 152 valence electrons. The summed E-state index contributed by atoms with van der Waals surface area (Å²) >= 11 is 0. The van der Waals surface area contributed by atoms with Crippen molar-refractivity contribution in [3.63, 3.8) is 0 Å². The highest BCUT2D eigenvalue weighted by atomic mass is 19.1. The van der Waals surface area contributed by atoms with Crippen LogP contribution in [0.4, 0.5) is 10.1 Å². The Morgan fingerprint density at radius 3 is 2.68 bits per heavy atom. The minimum Gasteiger partial charge on any atom is -0.372 e. The van der Waals surface area contributed by atoms with E-state index in [0.29, 0.717) is 36.0 Å². The number of hydrogen-bond donors (Lipinski definition) is 2. The van der Waals surface area contributed by atoms with E-state index in [1.165, 1.54) is 6.07 Å². The average molecular weight is 388 g/mol. The Labute approximate surface area is 165 Å². The summed E-state index contributed by atoms with van der Waals surface area (Å²) in [5, 5.41) is 9.75. The molecular weight excluding hydrogens is 359 g/mol. The number of hydrogen-bond acceptors (Lipinski definition) is 4. The topological polar surface area (TPSA) is 70.2 Å². The Kier molecular flexibility index (Phi) is 6.34. The Morgan fingerprint density at radius 2 is 2.04 bits per heavy atom. The van der Waals surface area contributed by atoms with Gasteiger partial charge in [-0.1, -0.05) is 19.9 Å². The second kappa shape index (κ2) is 8.73. The number of aromatic nitrogens is 2. The molecule has 2 atom stereocenters. The van der Waals surface area contributed by atoms with Crippen LogP contribution in [0.5, 0.6) is 0 Å². The molecule has 1 aliphatic rings. The Bertz CT molecular complexity index is 810. The minimum atomic E-state index is -0.285. The first kappa shape index (κ1) is 20.3. The second-order valence-electron chi connectivity index (χ2n) is 8.01. The summed E-state index contributed by atoms with van der Waals surface area (Å²) in [7, 11) is 0. The first-order chi connectivity index (χ1) is 13.3. The molecule has 6 nitrogen and oxygen atoms in total. The lowest BCUT2D eigenvalue weighted by Crippen LogP contribution is -2.45. The Hall–Kier alpha value is -2.41. The van der Waals surface area contributed by atoms with Crippen LogP contribution >= 0.6 is 0 Å². The van der Waals surface area contributed by atoms with Crippen LogP contribution in [0.1, 0.15) is 49.4 Å². The molecule has 0 bridgehead atoms. The van der Waals surface area contributed by atoms with Crippen LogP contribution in [0.25, 0.3) is 0 Å². The lowest BCUT2D eigenvalue weighted by Gasteiger charge is -2.37. The summed E-state index contributed by atoms with van der Waals surface area (Å²) in [6, 6.07) is 6.87. The molecule has 0 radical (unpaired) electrons. The third kappa shape index (κ3) is 5.10. The largest absolute Gasteiger partial charge is 0.372 e. The Morgan fingerprint density at radius 1 is 1.32 bits per heavy atom. The molecule has 2 heterocycles. The van der Waals surface area contributed by atoms with Gasteiger partial charge in [0.2, 0.25) is 0 Å². The molecule has 1 aliphatic heterocycles. The first-order valence-corrected chi connectivity index (χ1v) is 9.83. The van der Waals surface area contributed by atoms with E-state index in [-0.39, 0.29) is 30.5 Å². The van der Waals surface area contributed by atoms with E-state index in [1.54, 1.807) is 12.1 Å². The molecule has 0 aliphatic carbocycles. The summed E-state index contributed by atoms with van der Waals surface area (Å²) in [6.45, 7) is 9.77. The maximum Gasteiger partial charge on any atom is 0.272 e. The predicted molar refractivity (Wildman–Crippen MR) is 107 cm³/mol. The number of H-pyrrole nitrogens is 1. The van der Waals surface area contributed by atoms with E-state index in [4.69, 9.17) is 4.74 Å². The SMILES string of the molecule is CC(C)Cc1cc(C(=O)NCc2ccc(N3CC(C)OC(C)C3)c(F)c2)n[nH]1. The van der Waals surface area contributed by atoms with Gasteiger partial charge in [0.1, 0.15) is 11.5 Å². The van der Waals surface area contributed by atoms with Crippen molar-refractivity contribution < 1.29 is 13.9 Å². The number of rotatable bonds is 6. The van der Waals surface area contributed by atoms with E-state index in [1.807, 2.05) is 24.8 Å². The van der Waals surface area contributed by atoms with Gasteiger partial charge in [0.25, 0.3) is 5.91 Å². The van der Waals surface area contributed by atoms with Gasteiger partial charge in [-0.05, 0) is 49.9 Å². The summed E-state index contributed by atoms with van der Waals surface area (Å²) in [6.07, 6.45) is 0.972. The second-order valence-corrected chi connectivity index (χ2v) is 8.01. The zero-order valence-electron chi connectivity index (χ0n) is 17.0. The number of carbonyl (C=O) groups is 1. The molecule has 0 saturated carbocycles. The van der Waals surface area contributed by atoms with Gasteiger partial charge in [-0.3, -0.25) is 9.89 Å². The van der Waals surface area contributed by atoms with Crippen molar-refractivity contribution >= 4 is 11.6 Å². The third-order valence-corrected chi connectivity index (χ3v) is 4.72. The summed E-state index contributed by atoms with van der Waals surface area (Å²) < 4.78 is 20.4. The van der Waals surface area contributed by atoms with Crippen LogP contribution in [0.2, 0.25) is 0 Å². The minimum absolute atomic E-state index is 0.0663. The molecule has 1 saturated heterocycles. The standard InChI is InChI=1S/C21H29FN4O2/c1-13(2)7-17-9-19(25-24-17)21(27)23-10-16-5-6-20(18(22)8-16)26-11-14(3)28-15(4)12-26/h5-6,8-9,13-15H,7,10-12H2,1-4H3,(H,23,27)(H,24,25). The fraction of sp³-hybridized carbons (Fsp3) is 0.524. The molecule has 1 amide bonds. The maximum atomic E-state index is 14.6. The molecule has 1 aromatic heterocycles. The predicted octanol–water partition coefficient (Wildman–Crippen LogP) is 3.29. The smallest absolute Gasteiger partial charge is 0.272 e. The zero-order chi connectivity index (χ0) is 20.3. The van der Waals surface area contributed by atoms with E-state index in [2.05, 4.69) is 29.4 Å². The lowest BCUT2D eigenvalue weighted by atomic mass is 10.1. The van der Waals surface area contributed by atoms with Crippen LogP contribution in [0, 0.1) is 11.7 Å². The van der Waals surface area contributed by atoms with Crippen molar-refractivity contribution in [2.45, 2.75) is 52.9 Å². The number of ether oxygens (including phenoxy) is 1. The molecule has 1 aromatic carbocycles. The van der Waals surface area contributed by atoms with Gasteiger partial charge in [0, 0.05) is 25.3 Å². The monoisotopic (exact) mass is 388 g/mol. The third-order valence-electron chi connectivity index (χ3n) is 4.72. The summed E-state index contributed by atoms with van der Waals surface area (Å²) in [5.41, 5.74) is 2.57. The fourth-order valence-corrected chi connectivity index (χ4v) is 3.59. The zero-order valence-corrected chi connectivity index (χ0v) is 17.0. The number of nitrogens with one attached hydrogen (secondary N) is 2. The van der Waals surface area contributed by atoms with Crippen LogP contribution in [-0.2, 0) is 17.7 Å². The van der Waals surface area contributed by atoms with E-state index >= 15 is 0 Å². The van der Waals surface area contributed by atoms with Crippen LogP contribution in [0.3, 0.4) is 0 Å². The lowest BCUT2D eigenvalue weighted by molar-refractivity contribution is -0.00539. The molecule has 28 heavy (non-hydrogen) atoms. The number of benzene rings is 1. The number of amides is 1. The fourth-order valence-electron chi connectivity index (χ4n) is 3.59. The van der Waals surface area contributed by atoms with Gasteiger partial charge < -0.3 is 15.0 Å². The molecule has 1 fully saturated rings. The highest BCUT2D eigenvalue weighted by molar-refractivity contribution is 5.92. The normalized spacial score (nSPS) is 19.9. The summed E-state index contributed by atoms with van der Waals surface area (Å²) in [4.78, 5) is 14.3. The van der Waals surface area contributed by atoms with E-state index in [0.717, 1.165) is 12.1 Å². The number of aromatic amines is 1. The van der Waals surface area contributed by atoms with Crippen LogP contribution < -0.4 is 10.2 Å². The van der Waals surface area contributed by atoms with Crippen molar-refractivity contribution in [2.75, 3.05) is 18.0 Å². The molecule has 7 heteroatoms.